The van der Waals surface area contributed by atoms with Crippen LogP contribution in [0, 0.1) is 5.82 Å². The second-order valence-corrected chi connectivity index (χ2v) is 4.51. The Bertz CT molecular complexity index is 516. The zero-order valence-corrected chi connectivity index (χ0v) is 10.9. The van der Waals surface area contributed by atoms with Gasteiger partial charge in [0.25, 0.3) is 0 Å². The molecule has 2 nitrogen and oxygen atoms in total. The van der Waals surface area contributed by atoms with E-state index < -0.39 is 0 Å². The van der Waals surface area contributed by atoms with E-state index in [1.54, 1.807) is 12.3 Å². The number of aromatic nitrogens is 1. The van der Waals surface area contributed by atoms with E-state index in [-0.39, 0.29) is 11.9 Å². The third kappa shape index (κ3) is 3.03. The average Bonchev–Trinajstić information content (AvgIpc) is 2.32. The molecule has 0 bridgehead atoms. The second kappa shape index (κ2) is 5.27. The van der Waals surface area contributed by atoms with Crippen LogP contribution in [0.3, 0.4) is 0 Å². The molecule has 1 aromatic carbocycles. The number of benzene rings is 1. The quantitative estimate of drug-likeness (QED) is 0.860. The first-order valence-electron chi connectivity index (χ1n) is 5.29. The third-order valence-corrected chi connectivity index (χ3v) is 3.11. The molecule has 0 radical (unpaired) electrons. The summed E-state index contributed by atoms with van der Waals surface area (Å²) in [7, 11) is 0. The standard InChI is InChI=1S/C13H12BrFN2/c1-9(10-4-2-5-11(15)8-10)17-12-6-3-7-16-13(12)14/h2-9,17H,1H3. The molecule has 0 amide bonds. The largest absolute Gasteiger partial charge is 0.376 e. The van der Waals surface area contributed by atoms with Crippen LogP contribution in [0.4, 0.5) is 10.1 Å². The summed E-state index contributed by atoms with van der Waals surface area (Å²) >= 11 is 3.36. The van der Waals surface area contributed by atoms with Crippen molar-refractivity contribution >= 4 is 21.6 Å². The summed E-state index contributed by atoms with van der Waals surface area (Å²) in [6.07, 6.45) is 1.71. The van der Waals surface area contributed by atoms with Crippen molar-refractivity contribution in [3.8, 4) is 0 Å². The van der Waals surface area contributed by atoms with E-state index in [2.05, 4.69) is 26.2 Å². The molecule has 1 atom stereocenters. The first-order valence-corrected chi connectivity index (χ1v) is 6.08. The van der Waals surface area contributed by atoms with Crippen LogP contribution in [0.15, 0.2) is 47.2 Å². The van der Waals surface area contributed by atoms with Gasteiger partial charge in [-0.3, -0.25) is 0 Å². The van der Waals surface area contributed by atoms with Gasteiger partial charge in [-0.15, -0.1) is 0 Å². The maximum absolute atomic E-state index is 13.1. The molecule has 0 saturated carbocycles. The van der Waals surface area contributed by atoms with E-state index in [9.17, 15) is 4.39 Å². The predicted octanol–water partition coefficient (Wildman–Crippen LogP) is 4.16. The van der Waals surface area contributed by atoms with Gasteiger partial charge in [0.1, 0.15) is 10.4 Å². The van der Waals surface area contributed by atoms with Gasteiger partial charge >= 0.3 is 0 Å². The number of anilines is 1. The van der Waals surface area contributed by atoms with Crippen molar-refractivity contribution in [1.82, 2.24) is 4.98 Å². The molecular weight excluding hydrogens is 283 g/mol. The van der Waals surface area contributed by atoms with E-state index in [1.807, 2.05) is 25.1 Å². The normalized spacial score (nSPS) is 12.2. The number of pyridine rings is 1. The molecule has 17 heavy (non-hydrogen) atoms. The molecule has 0 aliphatic carbocycles. The molecule has 1 unspecified atom stereocenters. The van der Waals surface area contributed by atoms with Crippen LogP contribution in [0.25, 0.3) is 0 Å². The van der Waals surface area contributed by atoms with Gasteiger partial charge in [-0.25, -0.2) is 9.37 Å². The molecule has 0 aliphatic rings. The summed E-state index contributed by atoms with van der Waals surface area (Å²) in [4.78, 5) is 4.12. The molecule has 2 rings (SSSR count). The Morgan fingerprint density at radius 3 is 2.82 bits per heavy atom. The number of nitrogens with one attached hydrogen (secondary N) is 1. The predicted molar refractivity (Wildman–Crippen MR) is 70.4 cm³/mol. The van der Waals surface area contributed by atoms with E-state index in [0.29, 0.717) is 0 Å². The zero-order chi connectivity index (χ0) is 12.3. The van der Waals surface area contributed by atoms with Crippen molar-refractivity contribution in [2.45, 2.75) is 13.0 Å². The van der Waals surface area contributed by atoms with Crippen molar-refractivity contribution < 1.29 is 4.39 Å². The zero-order valence-electron chi connectivity index (χ0n) is 9.32. The highest BCUT2D eigenvalue weighted by Crippen LogP contribution is 2.24. The number of nitrogens with zero attached hydrogens (tertiary/aromatic N) is 1. The van der Waals surface area contributed by atoms with Crippen molar-refractivity contribution in [1.29, 1.82) is 0 Å². The van der Waals surface area contributed by atoms with Crippen LogP contribution < -0.4 is 5.32 Å². The summed E-state index contributed by atoms with van der Waals surface area (Å²) in [6.45, 7) is 1.98. The van der Waals surface area contributed by atoms with E-state index in [4.69, 9.17) is 0 Å². The lowest BCUT2D eigenvalue weighted by Crippen LogP contribution is -2.07. The summed E-state index contributed by atoms with van der Waals surface area (Å²) < 4.78 is 13.8. The van der Waals surface area contributed by atoms with Crippen LogP contribution in [0.5, 0.6) is 0 Å². The molecule has 0 aliphatic heterocycles. The van der Waals surface area contributed by atoms with Gasteiger partial charge in [0.2, 0.25) is 0 Å². The first-order chi connectivity index (χ1) is 8.16. The lowest BCUT2D eigenvalue weighted by atomic mass is 10.1. The van der Waals surface area contributed by atoms with Gasteiger partial charge in [0.05, 0.1) is 5.69 Å². The number of halogens is 2. The Hall–Kier alpha value is -1.42. The van der Waals surface area contributed by atoms with Crippen molar-refractivity contribution in [2.75, 3.05) is 5.32 Å². The summed E-state index contributed by atoms with van der Waals surface area (Å²) in [5.74, 6) is -0.221. The van der Waals surface area contributed by atoms with Gasteiger partial charge in [-0.2, -0.15) is 0 Å². The SMILES string of the molecule is CC(Nc1cccnc1Br)c1cccc(F)c1. The maximum Gasteiger partial charge on any atom is 0.129 e. The van der Waals surface area contributed by atoms with E-state index >= 15 is 0 Å². The number of rotatable bonds is 3. The summed E-state index contributed by atoms with van der Waals surface area (Å²) in [6, 6.07) is 10.4. The van der Waals surface area contributed by atoms with E-state index in [1.165, 1.54) is 12.1 Å². The van der Waals surface area contributed by atoms with Crippen LogP contribution in [-0.2, 0) is 0 Å². The van der Waals surface area contributed by atoms with Crippen molar-refractivity contribution in [2.24, 2.45) is 0 Å². The molecule has 1 N–H and O–H groups in total. The minimum Gasteiger partial charge on any atom is -0.376 e. The minimum atomic E-state index is -0.221. The lowest BCUT2D eigenvalue weighted by molar-refractivity contribution is 0.623. The lowest BCUT2D eigenvalue weighted by Gasteiger charge is -2.16. The fourth-order valence-corrected chi connectivity index (χ4v) is 1.95. The number of hydrogen-bond donors (Lipinski definition) is 1. The van der Waals surface area contributed by atoms with Gasteiger partial charge in [0.15, 0.2) is 0 Å². The van der Waals surface area contributed by atoms with Crippen molar-refractivity contribution in [3.05, 3.63) is 58.6 Å². The topological polar surface area (TPSA) is 24.9 Å². The third-order valence-electron chi connectivity index (χ3n) is 2.48. The highest BCUT2D eigenvalue weighted by Gasteiger charge is 2.08. The highest BCUT2D eigenvalue weighted by molar-refractivity contribution is 9.10. The van der Waals surface area contributed by atoms with Gasteiger partial charge in [0, 0.05) is 12.2 Å². The maximum atomic E-state index is 13.1. The van der Waals surface area contributed by atoms with Crippen LogP contribution >= 0.6 is 15.9 Å². The molecule has 0 saturated heterocycles. The molecule has 0 fully saturated rings. The average molecular weight is 295 g/mol. The smallest absolute Gasteiger partial charge is 0.129 e. The monoisotopic (exact) mass is 294 g/mol. The Morgan fingerprint density at radius 1 is 1.29 bits per heavy atom. The summed E-state index contributed by atoms with van der Waals surface area (Å²) in [5, 5.41) is 3.28. The molecule has 1 aromatic heterocycles. The fourth-order valence-electron chi connectivity index (χ4n) is 1.59. The molecule has 88 valence electrons. The van der Waals surface area contributed by atoms with Crippen molar-refractivity contribution in [3.63, 3.8) is 0 Å². The molecule has 0 spiro atoms. The Morgan fingerprint density at radius 2 is 2.12 bits per heavy atom. The second-order valence-electron chi connectivity index (χ2n) is 3.76. The van der Waals surface area contributed by atoms with Crippen LogP contribution in [0.1, 0.15) is 18.5 Å². The van der Waals surface area contributed by atoms with Crippen LogP contribution in [-0.4, -0.2) is 4.98 Å². The Labute approximate surface area is 108 Å². The van der Waals surface area contributed by atoms with Gasteiger partial charge in [-0.05, 0) is 52.7 Å². The van der Waals surface area contributed by atoms with Gasteiger partial charge in [-0.1, -0.05) is 12.1 Å². The Kier molecular flexibility index (Phi) is 3.74. The molecular formula is C13H12BrFN2. The summed E-state index contributed by atoms with van der Waals surface area (Å²) in [5.41, 5.74) is 1.80. The van der Waals surface area contributed by atoms with Crippen LogP contribution in [0.2, 0.25) is 0 Å². The molecule has 2 aromatic rings. The first kappa shape index (κ1) is 12.0. The Balaban J connectivity index is 2.17. The molecule has 4 heteroatoms. The number of hydrogen-bond acceptors (Lipinski definition) is 2. The molecule has 1 heterocycles. The fraction of sp³-hybridized carbons (Fsp3) is 0.154. The van der Waals surface area contributed by atoms with E-state index in [0.717, 1.165) is 15.9 Å². The minimum absolute atomic E-state index is 0.0196. The highest BCUT2D eigenvalue weighted by atomic mass is 79.9. The van der Waals surface area contributed by atoms with Gasteiger partial charge < -0.3 is 5.32 Å².